The molecule has 2 aromatic heterocycles. The number of halogens is 4. The molecule has 1 aliphatic carbocycles. The minimum absolute atomic E-state index is 0.0288. The summed E-state index contributed by atoms with van der Waals surface area (Å²) in [5.74, 6) is 2.05. The molecule has 0 bridgehead atoms. The van der Waals surface area contributed by atoms with E-state index in [9.17, 15) is 13.2 Å². The number of nitrogen functional groups attached to an aromatic ring is 1. The first-order valence-corrected chi connectivity index (χ1v) is 13.0. The van der Waals surface area contributed by atoms with Gasteiger partial charge in [-0.15, -0.1) is 0 Å². The van der Waals surface area contributed by atoms with Crippen LogP contribution in [0.25, 0.3) is 22.2 Å². The highest BCUT2D eigenvalue weighted by Gasteiger charge is 2.51. The molecule has 0 spiro atoms. The van der Waals surface area contributed by atoms with Crippen molar-refractivity contribution in [3.05, 3.63) is 34.9 Å². The predicted octanol–water partition coefficient (Wildman–Crippen LogP) is 5.27. The zero-order chi connectivity index (χ0) is 25.9. The van der Waals surface area contributed by atoms with Gasteiger partial charge in [-0.2, -0.15) is 23.1 Å². The zero-order valence-electron chi connectivity index (χ0n) is 20.4. The molecule has 1 saturated carbocycles. The number of fused-ring (bicyclic) bond motifs is 2. The van der Waals surface area contributed by atoms with Crippen LogP contribution in [0.15, 0.2) is 24.3 Å². The fourth-order valence-corrected chi connectivity index (χ4v) is 6.06. The molecule has 3 aromatic rings. The molecule has 196 valence electrons. The van der Waals surface area contributed by atoms with Gasteiger partial charge in [0, 0.05) is 36.6 Å². The van der Waals surface area contributed by atoms with Crippen LogP contribution in [0, 0.1) is 11.8 Å². The lowest BCUT2D eigenvalue weighted by Crippen LogP contribution is -2.35. The summed E-state index contributed by atoms with van der Waals surface area (Å²) in [6.07, 6.45) is -0.184. The number of likely N-dealkylation sites (N-methyl/N-ethyl adjacent to an activating group) is 1. The number of anilines is 2. The lowest BCUT2D eigenvalue weighted by Gasteiger charge is -2.29. The zero-order valence-corrected chi connectivity index (χ0v) is 21.2. The molecule has 11 heteroatoms. The Hall–Kier alpha value is -2.85. The molecule has 2 saturated heterocycles. The van der Waals surface area contributed by atoms with Crippen molar-refractivity contribution in [2.45, 2.75) is 37.9 Å². The number of likely N-dealkylation sites (tertiary alicyclic amines) is 1. The molecule has 1 aromatic carbocycles. The summed E-state index contributed by atoms with van der Waals surface area (Å²) in [4.78, 5) is 17.9. The normalized spacial score (nSPS) is 23.9. The Morgan fingerprint density at radius 3 is 2.59 bits per heavy atom. The molecule has 0 amide bonds. The molecular formula is C26H28ClF3N6O. The minimum atomic E-state index is -4.62. The monoisotopic (exact) mass is 532 g/mol. The van der Waals surface area contributed by atoms with E-state index in [2.05, 4.69) is 26.8 Å². The van der Waals surface area contributed by atoms with Crippen LogP contribution < -0.4 is 15.4 Å². The third kappa shape index (κ3) is 4.65. The van der Waals surface area contributed by atoms with Crippen LogP contribution in [0.1, 0.15) is 31.2 Å². The van der Waals surface area contributed by atoms with Crippen LogP contribution in [0.3, 0.4) is 0 Å². The van der Waals surface area contributed by atoms with Crippen molar-refractivity contribution in [3.63, 3.8) is 0 Å². The molecule has 6 rings (SSSR count). The Morgan fingerprint density at radius 2 is 1.89 bits per heavy atom. The van der Waals surface area contributed by atoms with Gasteiger partial charge in [-0.05, 0) is 68.8 Å². The summed E-state index contributed by atoms with van der Waals surface area (Å²) < 4.78 is 47.6. The number of ether oxygens (including phenoxy) is 1. The van der Waals surface area contributed by atoms with Crippen LogP contribution in [0.4, 0.5) is 24.8 Å². The summed E-state index contributed by atoms with van der Waals surface area (Å²) in [5.41, 5.74) is 5.09. The van der Waals surface area contributed by atoms with Gasteiger partial charge >= 0.3 is 12.2 Å². The van der Waals surface area contributed by atoms with E-state index in [1.807, 2.05) is 0 Å². The Bertz CT molecular complexity index is 1340. The first-order chi connectivity index (χ1) is 17.7. The summed E-state index contributed by atoms with van der Waals surface area (Å²) >= 11 is 6.59. The molecular weight excluding hydrogens is 505 g/mol. The maximum absolute atomic E-state index is 13.8. The average Bonchev–Trinajstić information content (AvgIpc) is 3.54. The number of hydrogen-bond donors (Lipinski definition) is 1. The number of hydrogen-bond acceptors (Lipinski definition) is 7. The van der Waals surface area contributed by atoms with Crippen molar-refractivity contribution in [1.29, 1.82) is 0 Å². The van der Waals surface area contributed by atoms with Gasteiger partial charge in [0.15, 0.2) is 0 Å². The van der Waals surface area contributed by atoms with E-state index in [0.29, 0.717) is 35.3 Å². The van der Waals surface area contributed by atoms with Gasteiger partial charge in [-0.1, -0.05) is 11.6 Å². The van der Waals surface area contributed by atoms with E-state index in [0.717, 1.165) is 56.9 Å². The van der Waals surface area contributed by atoms with Gasteiger partial charge in [0.05, 0.1) is 21.8 Å². The second kappa shape index (κ2) is 9.16. The summed E-state index contributed by atoms with van der Waals surface area (Å²) in [7, 11) is 2.10. The number of nitrogens with two attached hydrogens (primary N) is 1. The first-order valence-electron chi connectivity index (χ1n) is 12.6. The number of rotatable bonds is 5. The van der Waals surface area contributed by atoms with E-state index >= 15 is 0 Å². The van der Waals surface area contributed by atoms with Crippen molar-refractivity contribution in [3.8, 4) is 17.3 Å². The molecule has 2 aliphatic heterocycles. The molecule has 37 heavy (non-hydrogen) atoms. The van der Waals surface area contributed by atoms with E-state index < -0.39 is 11.7 Å². The Kier molecular flexibility index (Phi) is 6.06. The topological polar surface area (TPSA) is 80.4 Å². The highest BCUT2D eigenvalue weighted by atomic mass is 35.5. The quantitative estimate of drug-likeness (QED) is 0.480. The van der Waals surface area contributed by atoms with Crippen molar-refractivity contribution in [2.75, 3.05) is 43.9 Å². The average molecular weight is 533 g/mol. The van der Waals surface area contributed by atoms with Gasteiger partial charge in [-0.3, -0.25) is 4.90 Å². The van der Waals surface area contributed by atoms with Gasteiger partial charge in [0.2, 0.25) is 0 Å². The third-order valence-corrected chi connectivity index (χ3v) is 8.13. The molecule has 0 unspecified atom stereocenters. The van der Waals surface area contributed by atoms with Crippen LogP contribution in [0.5, 0.6) is 6.01 Å². The second-order valence-corrected chi connectivity index (χ2v) is 10.7. The molecule has 3 fully saturated rings. The van der Waals surface area contributed by atoms with E-state index in [4.69, 9.17) is 27.1 Å². The van der Waals surface area contributed by atoms with Crippen molar-refractivity contribution in [1.82, 2.24) is 19.9 Å². The Morgan fingerprint density at radius 1 is 1.11 bits per heavy atom. The molecule has 3 atom stereocenters. The number of pyridine rings is 1. The maximum atomic E-state index is 13.8. The Labute approximate surface area is 217 Å². The SMILES string of the molecule is CN1C[C@@H]2C[C@@H]2[C@H]1COc1nc(N2CCCCC2)c2cc(Cl)c(-c3nc(N)ccc3C(F)(F)F)cc2n1. The van der Waals surface area contributed by atoms with E-state index in [1.165, 1.54) is 12.5 Å². The number of benzene rings is 1. The van der Waals surface area contributed by atoms with E-state index in [-0.39, 0.29) is 28.1 Å². The van der Waals surface area contributed by atoms with Crippen LogP contribution in [-0.2, 0) is 6.18 Å². The fraction of sp³-hybridized carbons (Fsp3) is 0.500. The first kappa shape index (κ1) is 24.5. The predicted molar refractivity (Wildman–Crippen MR) is 137 cm³/mol. The summed E-state index contributed by atoms with van der Waals surface area (Å²) in [5, 5.41) is 0.791. The number of piperidine rings is 2. The van der Waals surface area contributed by atoms with Gasteiger partial charge in [0.1, 0.15) is 18.2 Å². The molecule has 3 aliphatic rings. The minimum Gasteiger partial charge on any atom is -0.462 e. The van der Waals surface area contributed by atoms with Crippen LogP contribution in [-0.4, -0.2) is 59.2 Å². The lowest BCUT2D eigenvalue weighted by molar-refractivity contribution is -0.137. The van der Waals surface area contributed by atoms with Gasteiger partial charge in [0.25, 0.3) is 0 Å². The molecule has 7 nitrogen and oxygen atoms in total. The smallest absolute Gasteiger partial charge is 0.418 e. The number of aromatic nitrogens is 3. The largest absolute Gasteiger partial charge is 0.462 e. The number of nitrogens with zero attached hydrogens (tertiary/aromatic N) is 5. The summed E-state index contributed by atoms with van der Waals surface area (Å²) in [6.45, 7) is 3.20. The standard InChI is InChI=1S/C26H28ClF3N6O/c1-35-12-14-9-15(14)21(35)13-37-25-32-20-11-16(23-18(26(28,29)30)5-6-22(31)33-23)19(27)10-17(20)24(34-25)36-7-3-2-4-8-36/h5-6,10-11,14-15,21H,2-4,7-9,12-13H2,1H3,(H2,31,33)/t14-,15-,21+/m0/s1. The summed E-state index contributed by atoms with van der Waals surface area (Å²) in [6, 6.07) is 5.76. The lowest BCUT2D eigenvalue weighted by atomic mass is 10.0. The second-order valence-electron chi connectivity index (χ2n) is 10.3. The third-order valence-electron chi connectivity index (χ3n) is 7.82. The molecule has 2 N–H and O–H groups in total. The van der Waals surface area contributed by atoms with Gasteiger partial charge < -0.3 is 15.4 Å². The van der Waals surface area contributed by atoms with Crippen molar-refractivity contribution >= 4 is 34.1 Å². The van der Waals surface area contributed by atoms with E-state index in [1.54, 1.807) is 6.07 Å². The fourth-order valence-electron chi connectivity index (χ4n) is 5.81. The maximum Gasteiger partial charge on any atom is 0.418 e. The van der Waals surface area contributed by atoms with Crippen molar-refractivity contribution in [2.24, 2.45) is 11.8 Å². The van der Waals surface area contributed by atoms with Crippen LogP contribution >= 0.6 is 11.6 Å². The Balaban J connectivity index is 1.44. The highest BCUT2D eigenvalue weighted by Crippen LogP contribution is 2.49. The number of alkyl halides is 3. The highest BCUT2D eigenvalue weighted by molar-refractivity contribution is 6.34. The molecule has 4 heterocycles. The van der Waals surface area contributed by atoms with Crippen LogP contribution in [0.2, 0.25) is 5.02 Å². The van der Waals surface area contributed by atoms with Gasteiger partial charge in [-0.25, -0.2) is 4.98 Å². The molecule has 0 radical (unpaired) electrons. The van der Waals surface area contributed by atoms with Crippen molar-refractivity contribution < 1.29 is 17.9 Å².